The first-order valence-corrected chi connectivity index (χ1v) is 5.62. The molecule has 0 aliphatic rings. The van der Waals surface area contributed by atoms with Crippen LogP contribution in [-0.2, 0) is 6.42 Å². The van der Waals surface area contributed by atoms with Crippen molar-refractivity contribution < 1.29 is 4.42 Å². The van der Waals surface area contributed by atoms with Crippen molar-refractivity contribution in [3.05, 3.63) is 30.2 Å². The van der Waals surface area contributed by atoms with Crippen LogP contribution in [0.1, 0.15) is 26.7 Å². The summed E-state index contributed by atoms with van der Waals surface area (Å²) in [5.74, 6) is 1.22. The molecule has 0 saturated carbocycles. The van der Waals surface area contributed by atoms with Gasteiger partial charge in [-0.3, -0.25) is 0 Å². The van der Waals surface area contributed by atoms with Crippen LogP contribution in [0.2, 0.25) is 0 Å². The molecule has 2 N–H and O–H groups in total. The van der Waals surface area contributed by atoms with Crippen molar-refractivity contribution >= 4 is 5.69 Å². The van der Waals surface area contributed by atoms with E-state index in [1.54, 1.807) is 0 Å². The first-order valence-electron chi connectivity index (χ1n) is 5.62. The molecule has 0 saturated heterocycles. The highest BCUT2D eigenvalue weighted by molar-refractivity contribution is 5.56. The molecule has 0 atom stereocenters. The number of benzene rings is 1. The summed E-state index contributed by atoms with van der Waals surface area (Å²) in [6.07, 6.45) is 0.773. The molecule has 1 aromatic carbocycles. The first-order chi connectivity index (χ1) is 7.94. The third-order valence-electron chi connectivity index (χ3n) is 2.31. The zero-order valence-electron chi connectivity index (χ0n) is 10.4. The molecule has 1 aromatic heterocycles. The van der Waals surface area contributed by atoms with E-state index in [0.29, 0.717) is 11.8 Å². The second kappa shape index (κ2) is 4.20. The van der Waals surface area contributed by atoms with Gasteiger partial charge in [-0.2, -0.15) is 0 Å². The monoisotopic (exact) mass is 231 g/mol. The van der Waals surface area contributed by atoms with Crippen molar-refractivity contribution in [3.63, 3.8) is 0 Å². The second-order valence-corrected chi connectivity index (χ2v) is 5.36. The third-order valence-corrected chi connectivity index (χ3v) is 2.31. The molecule has 0 fully saturated rings. The predicted molar refractivity (Wildman–Crippen MR) is 67.3 cm³/mol. The summed E-state index contributed by atoms with van der Waals surface area (Å²) in [6, 6.07) is 7.40. The summed E-state index contributed by atoms with van der Waals surface area (Å²) < 4.78 is 5.62. The van der Waals surface area contributed by atoms with Crippen LogP contribution in [0.5, 0.6) is 0 Å². The van der Waals surface area contributed by atoms with Crippen LogP contribution in [0.3, 0.4) is 0 Å². The van der Waals surface area contributed by atoms with Crippen molar-refractivity contribution in [2.75, 3.05) is 5.73 Å². The van der Waals surface area contributed by atoms with Crippen molar-refractivity contribution in [1.82, 2.24) is 10.2 Å². The maximum Gasteiger partial charge on any atom is 0.247 e. The van der Waals surface area contributed by atoms with Gasteiger partial charge in [0.05, 0.1) is 0 Å². The van der Waals surface area contributed by atoms with Crippen LogP contribution in [0.4, 0.5) is 5.69 Å². The Kier molecular flexibility index (Phi) is 2.88. The minimum atomic E-state index is 0.144. The molecule has 1 heterocycles. The van der Waals surface area contributed by atoms with Crippen molar-refractivity contribution in [2.45, 2.75) is 27.2 Å². The molecule has 90 valence electrons. The Balaban J connectivity index is 2.21. The highest BCUT2D eigenvalue weighted by atomic mass is 16.4. The van der Waals surface area contributed by atoms with E-state index in [1.165, 1.54) is 0 Å². The molecule has 0 spiro atoms. The van der Waals surface area contributed by atoms with Gasteiger partial charge in [-0.1, -0.05) is 20.8 Å². The zero-order valence-corrected chi connectivity index (χ0v) is 10.4. The van der Waals surface area contributed by atoms with Crippen LogP contribution in [0, 0.1) is 5.41 Å². The topological polar surface area (TPSA) is 64.9 Å². The number of rotatable bonds is 2. The molecule has 4 nitrogen and oxygen atoms in total. The summed E-state index contributed by atoms with van der Waals surface area (Å²) in [4.78, 5) is 0. The lowest BCUT2D eigenvalue weighted by molar-refractivity contribution is 0.357. The molecule has 0 aliphatic carbocycles. The molecule has 17 heavy (non-hydrogen) atoms. The van der Waals surface area contributed by atoms with E-state index < -0.39 is 0 Å². The third kappa shape index (κ3) is 3.06. The number of hydrogen-bond acceptors (Lipinski definition) is 4. The molecular formula is C13H17N3O. The molecule has 0 bridgehead atoms. The maximum atomic E-state index is 5.63. The Morgan fingerprint density at radius 1 is 1.12 bits per heavy atom. The minimum Gasteiger partial charge on any atom is -0.421 e. The van der Waals surface area contributed by atoms with Crippen LogP contribution >= 0.6 is 0 Å². The van der Waals surface area contributed by atoms with Crippen LogP contribution in [-0.4, -0.2) is 10.2 Å². The Morgan fingerprint density at radius 2 is 1.76 bits per heavy atom. The van der Waals surface area contributed by atoms with E-state index >= 15 is 0 Å². The van der Waals surface area contributed by atoms with Gasteiger partial charge in [0.15, 0.2) is 0 Å². The SMILES string of the molecule is CC(C)(C)Cc1nnc(-c2ccc(N)cc2)o1. The largest absolute Gasteiger partial charge is 0.421 e. The van der Waals surface area contributed by atoms with Gasteiger partial charge in [-0.25, -0.2) is 0 Å². The minimum absolute atomic E-state index is 0.144. The van der Waals surface area contributed by atoms with E-state index in [0.717, 1.165) is 17.7 Å². The number of hydrogen-bond donors (Lipinski definition) is 1. The fourth-order valence-electron chi connectivity index (χ4n) is 1.52. The van der Waals surface area contributed by atoms with Crippen molar-refractivity contribution in [3.8, 4) is 11.5 Å². The Morgan fingerprint density at radius 3 is 2.35 bits per heavy atom. The molecule has 0 aliphatic heterocycles. The van der Waals surface area contributed by atoms with Crippen LogP contribution in [0.25, 0.3) is 11.5 Å². The van der Waals surface area contributed by atoms with E-state index in [9.17, 15) is 0 Å². The first kappa shape index (κ1) is 11.6. The lowest BCUT2D eigenvalue weighted by atomic mass is 9.92. The fraction of sp³-hybridized carbons (Fsp3) is 0.385. The van der Waals surface area contributed by atoms with E-state index in [-0.39, 0.29) is 5.41 Å². The van der Waals surface area contributed by atoms with Gasteiger partial charge < -0.3 is 10.2 Å². The Labute approximate surface area is 101 Å². The molecule has 4 heteroatoms. The highest BCUT2D eigenvalue weighted by Crippen LogP contribution is 2.23. The second-order valence-electron chi connectivity index (χ2n) is 5.36. The average molecular weight is 231 g/mol. The molecule has 0 radical (unpaired) electrons. The van der Waals surface area contributed by atoms with E-state index in [4.69, 9.17) is 10.2 Å². The maximum absolute atomic E-state index is 5.63. The number of aromatic nitrogens is 2. The summed E-state index contributed by atoms with van der Waals surface area (Å²) >= 11 is 0. The number of nitrogen functional groups attached to an aromatic ring is 1. The van der Waals surface area contributed by atoms with Crippen molar-refractivity contribution in [1.29, 1.82) is 0 Å². The van der Waals surface area contributed by atoms with Gasteiger partial charge in [-0.05, 0) is 29.7 Å². The van der Waals surface area contributed by atoms with Gasteiger partial charge in [0.25, 0.3) is 0 Å². The van der Waals surface area contributed by atoms with Gasteiger partial charge >= 0.3 is 0 Å². The molecule has 0 unspecified atom stereocenters. The fourth-order valence-corrected chi connectivity index (χ4v) is 1.52. The van der Waals surface area contributed by atoms with Crippen LogP contribution in [0.15, 0.2) is 28.7 Å². The summed E-state index contributed by atoms with van der Waals surface area (Å²) in [6.45, 7) is 6.42. The summed E-state index contributed by atoms with van der Waals surface area (Å²) in [7, 11) is 0. The van der Waals surface area contributed by atoms with Gasteiger partial charge in [-0.15, -0.1) is 10.2 Å². The number of nitrogens with zero attached hydrogens (tertiary/aromatic N) is 2. The quantitative estimate of drug-likeness (QED) is 0.807. The van der Waals surface area contributed by atoms with Gasteiger partial charge in [0.1, 0.15) is 0 Å². The highest BCUT2D eigenvalue weighted by Gasteiger charge is 2.16. The van der Waals surface area contributed by atoms with E-state index in [2.05, 4.69) is 31.0 Å². The predicted octanol–water partition coefficient (Wildman–Crippen LogP) is 2.91. The average Bonchev–Trinajstić information content (AvgIpc) is 2.64. The smallest absolute Gasteiger partial charge is 0.247 e. The number of nitrogens with two attached hydrogens (primary N) is 1. The standard InChI is InChI=1S/C13H17N3O/c1-13(2,3)8-11-15-16-12(17-11)9-4-6-10(14)7-5-9/h4-7H,8,14H2,1-3H3. The van der Waals surface area contributed by atoms with Gasteiger partial charge in [0, 0.05) is 17.7 Å². The lowest BCUT2D eigenvalue weighted by Gasteiger charge is -2.14. The normalized spacial score (nSPS) is 11.7. The lowest BCUT2D eigenvalue weighted by Crippen LogP contribution is -2.09. The van der Waals surface area contributed by atoms with Crippen LogP contribution < -0.4 is 5.73 Å². The molecule has 0 amide bonds. The summed E-state index contributed by atoms with van der Waals surface area (Å²) in [5, 5.41) is 8.10. The molecule has 2 aromatic rings. The number of anilines is 1. The van der Waals surface area contributed by atoms with Gasteiger partial charge in [0.2, 0.25) is 11.8 Å². The summed E-state index contributed by atoms with van der Waals surface area (Å²) in [5.41, 5.74) is 7.39. The Bertz CT molecular complexity index is 494. The Hall–Kier alpha value is -1.84. The molecular weight excluding hydrogens is 214 g/mol. The van der Waals surface area contributed by atoms with E-state index in [1.807, 2.05) is 24.3 Å². The zero-order chi connectivity index (χ0) is 12.5. The van der Waals surface area contributed by atoms with Crippen molar-refractivity contribution in [2.24, 2.45) is 5.41 Å². The molecule has 2 rings (SSSR count).